The summed E-state index contributed by atoms with van der Waals surface area (Å²) in [6.07, 6.45) is 7.44. The lowest BCUT2D eigenvalue weighted by atomic mass is 10.3. The van der Waals surface area contributed by atoms with Gasteiger partial charge in [0.25, 0.3) is 5.56 Å². The Morgan fingerprint density at radius 3 is 2.93 bits per heavy atom. The first-order valence-corrected chi connectivity index (χ1v) is 9.53. The SMILES string of the molecule is CN/C=C\C(=N)Cc1nc2c(s1)c1cnn(Cc3ccn(C)n3)c(=O)c1n2C. The number of rotatable bonds is 6. The summed E-state index contributed by atoms with van der Waals surface area (Å²) in [6.45, 7) is 0.322. The van der Waals surface area contributed by atoms with Crippen molar-refractivity contribution < 1.29 is 0 Å². The molecule has 0 aliphatic heterocycles. The summed E-state index contributed by atoms with van der Waals surface area (Å²) in [7, 11) is 5.47. The van der Waals surface area contributed by atoms with Crippen LogP contribution in [-0.4, -0.2) is 41.9 Å². The third-order valence-corrected chi connectivity index (χ3v) is 5.52. The van der Waals surface area contributed by atoms with Crippen LogP contribution in [0.3, 0.4) is 0 Å². The monoisotopic (exact) mass is 396 g/mol. The Hall–Kier alpha value is -3.27. The third-order valence-electron chi connectivity index (χ3n) is 4.44. The van der Waals surface area contributed by atoms with Gasteiger partial charge < -0.3 is 15.3 Å². The Morgan fingerprint density at radius 2 is 2.21 bits per heavy atom. The molecule has 28 heavy (non-hydrogen) atoms. The van der Waals surface area contributed by atoms with Gasteiger partial charge in [-0.2, -0.15) is 10.2 Å². The van der Waals surface area contributed by atoms with Crippen LogP contribution in [0.2, 0.25) is 0 Å². The third kappa shape index (κ3) is 3.11. The average Bonchev–Trinajstić information content (AvgIpc) is 3.32. The molecule has 10 heteroatoms. The molecule has 2 N–H and O–H groups in total. The second kappa shape index (κ2) is 7.04. The van der Waals surface area contributed by atoms with Crippen LogP contribution >= 0.6 is 11.3 Å². The zero-order chi connectivity index (χ0) is 19.8. The van der Waals surface area contributed by atoms with Gasteiger partial charge in [-0.3, -0.25) is 9.48 Å². The van der Waals surface area contributed by atoms with E-state index in [-0.39, 0.29) is 5.56 Å². The van der Waals surface area contributed by atoms with E-state index in [0.717, 1.165) is 26.4 Å². The van der Waals surface area contributed by atoms with E-state index >= 15 is 0 Å². The Balaban J connectivity index is 1.73. The van der Waals surface area contributed by atoms with Crippen molar-refractivity contribution in [3.05, 3.63) is 51.8 Å². The molecule has 0 atom stereocenters. The van der Waals surface area contributed by atoms with Crippen LogP contribution in [0.5, 0.6) is 0 Å². The van der Waals surface area contributed by atoms with Crippen molar-refractivity contribution >= 4 is 38.3 Å². The van der Waals surface area contributed by atoms with Gasteiger partial charge in [-0.15, -0.1) is 11.3 Å². The van der Waals surface area contributed by atoms with Crippen molar-refractivity contribution in [2.45, 2.75) is 13.0 Å². The summed E-state index contributed by atoms with van der Waals surface area (Å²) in [5, 5.41) is 21.2. The van der Waals surface area contributed by atoms with Gasteiger partial charge in [-0.25, -0.2) is 9.67 Å². The standard InChI is InChI=1S/C18H20N8OS/c1-20-6-4-11(19)8-14-22-17-16(28-14)13-9-21-26(18(27)15(13)25(17)3)10-12-5-7-24(2)23-12/h4-7,9,19-20H,8,10H2,1-3H3/b6-4-,19-11?. The molecule has 0 unspecified atom stereocenters. The lowest BCUT2D eigenvalue weighted by Gasteiger charge is -2.03. The molecule has 4 heterocycles. The van der Waals surface area contributed by atoms with Crippen molar-refractivity contribution in [2.24, 2.45) is 14.1 Å². The van der Waals surface area contributed by atoms with Crippen LogP contribution in [0, 0.1) is 5.41 Å². The van der Waals surface area contributed by atoms with Crippen molar-refractivity contribution in [1.29, 1.82) is 5.41 Å². The van der Waals surface area contributed by atoms with E-state index in [1.165, 1.54) is 16.0 Å². The minimum absolute atomic E-state index is 0.165. The van der Waals surface area contributed by atoms with Gasteiger partial charge in [0.2, 0.25) is 0 Å². The number of nitrogens with one attached hydrogen (secondary N) is 2. The summed E-state index contributed by atoms with van der Waals surface area (Å²) in [6, 6.07) is 1.87. The number of aromatic nitrogens is 6. The predicted octanol–water partition coefficient (Wildman–Crippen LogP) is 1.42. The molecule has 0 bridgehead atoms. The quantitative estimate of drug-likeness (QED) is 0.480. The van der Waals surface area contributed by atoms with Gasteiger partial charge in [-0.05, 0) is 18.3 Å². The fourth-order valence-electron chi connectivity index (χ4n) is 3.13. The number of hydrogen-bond donors (Lipinski definition) is 2. The van der Waals surface area contributed by atoms with Crippen LogP contribution < -0.4 is 10.9 Å². The maximum Gasteiger partial charge on any atom is 0.291 e. The van der Waals surface area contributed by atoms with E-state index < -0.39 is 0 Å². The highest BCUT2D eigenvalue weighted by atomic mass is 32.1. The minimum atomic E-state index is -0.165. The van der Waals surface area contributed by atoms with E-state index in [1.807, 2.05) is 30.9 Å². The molecule has 0 fully saturated rings. The van der Waals surface area contributed by atoms with Crippen LogP contribution in [0.4, 0.5) is 0 Å². The molecule has 0 amide bonds. The highest BCUT2D eigenvalue weighted by molar-refractivity contribution is 7.19. The summed E-state index contributed by atoms with van der Waals surface area (Å²) >= 11 is 1.50. The molecular weight excluding hydrogens is 376 g/mol. The molecule has 0 radical (unpaired) electrons. The lowest BCUT2D eigenvalue weighted by molar-refractivity contribution is 0.619. The first kappa shape index (κ1) is 18.1. The van der Waals surface area contributed by atoms with Crippen molar-refractivity contribution in [3.8, 4) is 0 Å². The fraction of sp³-hybridized carbons (Fsp3) is 0.278. The minimum Gasteiger partial charge on any atom is -0.394 e. The second-order valence-corrected chi connectivity index (χ2v) is 7.58. The van der Waals surface area contributed by atoms with E-state index in [9.17, 15) is 4.79 Å². The molecule has 144 valence electrons. The number of aryl methyl sites for hydroxylation is 2. The zero-order valence-corrected chi connectivity index (χ0v) is 16.6. The van der Waals surface area contributed by atoms with Crippen LogP contribution in [-0.2, 0) is 27.1 Å². The number of hydrogen-bond acceptors (Lipinski definition) is 7. The smallest absolute Gasteiger partial charge is 0.291 e. The molecule has 9 nitrogen and oxygen atoms in total. The molecule has 0 spiro atoms. The van der Waals surface area contributed by atoms with E-state index in [4.69, 9.17) is 5.41 Å². The first-order valence-electron chi connectivity index (χ1n) is 8.71. The summed E-state index contributed by atoms with van der Waals surface area (Å²) in [4.78, 5) is 17.6. The number of thiazole rings is 1. The van der Waals surface area contributed by atoms with Gasteiger partial charge in [0.15, 0.2) is 5.65 Å². The maximum atomic E-state index is 13.0. The van der Waals surface area contributed by atoms with Gasteiger partial charge in [0.05, 0.1) is 23.1 Å². The number of nitrogens with zero attached hydrogens (tertiary/aromatic N) is 6. The Morgan fingerprint density at radius 1 is 1.39 bits per heavy atom. The van der Waals surface area contributed by atoms with E-state index in [0.29, 0.717) is 24.2 Å². The number of allylic oxidation sites excluding steroid dienone is 1. The normalized spacial score (nSPS) is 11.8. The first-order chi connectivity index (χ1) is 13.5. The second-order valence-electron chi connectivity index (χ2n) is 6.49. The van der Waals surface area contributed by atoms with Crippen molar-refractivity contribution in [2.75, 3.05) is 7.05 Å². The topological polar surface area (TPSA) is 106 Å². The van der Waals surface area contributed by atoms with Crippen LogP contribution in [0.15, 0.2) is 35.5 Å². The predicted molar refractivity (Wildman–Crippen MR) is 110 cm³/mol. The van der Waals surface area contributed by atoms with Crippen LogP contribution in [0.25, 0.3) is 21.3 Å². The fourth-order valence-corrected chi connectivity index (χ4v) is 4.26. The molecule has 4 rings (SSSR count). The molecule has 0 aromatic carbocycles. The van der Waals surface area contributed by atoms with E-state index in [1.54, 1.807) is 30.2 Å². The summed E-state index contributed by atoms with van der Waals surface area (Å²) in [5.74, 6) is 0. The van der Waals surface area contributed by atoms with Gasteiger partial charge in [0, 0.05) is 44.9 Å². The van der Waals surface area contributed by atoms with E-state index in [2.05, 4.69) is 20.5 Å². The Bertz CT molecular complexity index is 1270. The van der Waals surface area contributed by atoms with Crippen molar-refractivity contribution in [3.63, 3.8) is 0 Å². The average molecular weight is 396 g/mol. The molecule has 0 saturated heterocycles. The van der Waals surface area contributed by atoms with Crippen LogP contribution in [0.1, 0.15) is 10.7 Å². The lowest BCUT2D eigenvalue weighted by Crippen LogP contribution is -2.24. The highest BCUT2D eigenvalue weighted by Crippen LogP contribution is 2.31. The highest BCUT2D eigenvalue weighted by Gasteiger charge is 2.18. The number of fused-ring (bicyclic) bond motifs is 3. The van der Waals surface area contributed by atoms with Gasteiger partial charge in [0.1, 0.15) is 10.5 Å². The maximum absolute atomic E-state index is 13.0. The molecular formula is C18H20N8OS. The molecule has 4 aromatic heterocycles. The van der Waals surface area contributed by atoms with Crippen molar-refractivity contribution in [1.82, 2.24) is 34.4 Å². The molecule has 4 aromatic rings. The molecule has 0 aliphatic rings. The Kier molecular flexibility index (Phi) is 4.55. The summed E-state index contributed by atoms with van der Waals surface area (Å²) < 4.78 is 5.86. The van der Waals surface area contributed by atoms with Gasteiger partial charge >= 0.3 is 0 Å². The van der Waals surface area contributed by atoms with Gasteiger partial charge in [-0.1, -0.05) is 0 Å². The zero-order valence-electron chi connectivity index (χ0n) is 15.8. The Labute approximate surface area is 164 Å². The largest absolute Gasteiger partial charge is 0.394 e. The summed E-state index contributed by atoms with van der Waals surface area (Å²) in [5.41, 5.74) is 2.41. The molecule has 0 aliphatic carbocycles. The molecule has 0 saturated carbocycles.